The van der Waals surface area contributed by atoms with E-state index in [9.17, 15) is 4.79 Å². The second-order valence-electron chi connectivity index (χ2n) is 4.71. The minimum Gasteiger partial charge on any atom is -0.469 e. The van der Waals surface area contributed by atoms with Crippen molar-refractivity contribution in [3.63, 3.8) is 0 Å². The number of carbonyl (C=O) groups is 1. The second-order valence-corrected chi connectivity index (χ2v) is 12.3. The molecule has 0 fully saturated rings. The van der Waals surface area contributed by atoms with Crippen molar-refractivity contribution in [3.05, 3.63) is 0 Å². The number of carbonyl (C=O) groups excluding carboxylic acids is 1. The molecule has 0 heterocycles. The van der Waals surface area contributed by atoms with Crippen LogP contribution >= 0.6 is 39.7 Å². The molecule has 0 unspecified atom stereocenters. The summed E-state index contributed by atoms with van der Waals surface area (Å²) in [5.74, 6) is 0.627. The number of esters is 1. The molecule has 0 bridgehead atoms. The molecular weight excluding hydrogens is 327 g/mol. The van der Waals surface area contributed by atoms with E-state index < -0.39 is 7.67 Å². The quantitative estimate of drug-likeness (QED) is 0.303. The Balaban J connectivity index is 3.09. The number of ether oxygens (including phenoxy) is 1. The minimum absolute atomic E-state index is 0.101. The SMILES string of the molecule is COC(=O)CCCCCCCCCCCS(Cl)(Cl)Cl. The maximum absolute atomic E-state index is 10.9. The van der Waals surface area contributed by atoms with E-state index in [4.69, 9.17) is 32.0 Å². The summed E-state index contributed by atoms with van der Waals surface area (Å²) < 4.78 is 4.59. The van der Waals surface area contributed by atoms with Crippen LogP contribution in [0, 0.1) is 0 Å². The fourth-order valence-electron chi connectivity index (χ4n) is 1.87. The van der Waals surface area contributed by atoms with Gasteiger partial charge < -0.3 is 4.74 Å². The average Bonchev–Trinajstić information content (AvgIpc) is 2.34. The summed E-state index contributed by atoms with van der Waals surface area (Å²) in [6.07, 6.45) is 11.0. The van der Waals surface area contributed by atoms with Gasteiger partial charge in [-0.1, -0.05) is 44.9 Å². The van der Waals surface area contributed by atoms with Gasteiger partial charge in [0.15, 0.2) is 0 Å². The summed E-state index contributed by atoms with van der Waals surface area (Å²) >= 11 is 0. The zero-order valence-corrected chi connectivity index (χ0v) is 14.7. The lowest BCUT2D eigenvalue weighted by Gasteiger charge is -2.14. The average molecular weight is 352 g/mol. The molecule has 0 aromatic heterocycles. The molecule has 0 N–H and O–H groups in total. The summed E-state index contributed by atoms with van der Waals surface area (Å²) in [6.45, 7) is 0. The van der Waals surface area contributed by atoms with Crippen LogP contribution in [-0.2, 0) is 9.53 Å². The van der Waals surface area contributed by atoms with Crippen LogP contribution in [-0.4, -0.2) is 18.8 Å². The van der Waals surface area contributed by atoms with Gasteiger partial charge in [0, 0.05) is 12.2 Å². The van der Waals surface area contributed by atoms with Crippen LogP contribution in [0.25, 0.3) is 0 Å². The lowest BCUT2D eigenvalue weighted by Crippen LogP contribution is -1.99. The number of halogens is 3. The van der Waals surface area contributed by atoms with E-state index in [-0.39, 0.29) is 5.97 Å². The van der Waals surface area contributed by atoms with Crippen LogP contribution in [0.2, 0.25) is 0 Å². The zero-order chi connectivity index (χ0) is 14.6. The number of methoxy groups -OCH3 is 1. The molecule has 0 rings (SSSR count). The van der Waals surface area contributed by atoms with Gasteiger partial charge in [0.2, 0.25) is 0 Å². The Morgan fingerprint density at radius 3 is 1.68 bits per heavy atom. The van der Waals surface area contributed by atoms with Crippen molar-refractivity contribution >= 4 is 45.7 Å². The number of rotatable bonds is 12. The topological polar surface area (TPSA) is 26.3 Å². The van der Waals surface area contributed by atoms with E-state index >= 15 is 0 Å². The lowest BCUT2D eigenvalue weighted by atomic mass is 10.1. The molecule has 0 amide bonds. The first-order valence-corrected chi connectivity index (χ1v) is 11.2. The summed E-state index contributed by atoms with van der Waals surface area (Å²) in [7, 11) is 16.8. The minimum atomic E-state index is -1.86. The highest BCUT2D eigenvalue weighted by atomic mass is 36.2. The zero-order valence-electron chi connectivity index (χ0n) is 11.6. The van der Waals surface area contributed by atoms with Gasteiger partial charge in [0.1, 0.15) is 0 Å². The first kappa shape index (κ1) is 19.7. The first-order valence-electron chi connectivity index (χ1n) is 6.92. The molecule has 6 heteroatoms. The highest BCUT2D eigenvalue weighted by Gasteiger charge is 2.11. The molecule has 116 valence electrons. The van der Waals surface area contributed by atoms with E-state index in [0.29, 0.717) is 6.42 Å². The summed E-state index contributed by atoms with van der Waals surface area (Å²) in [5, 5.41) is 0. The van der Waals surface area contributed by atoms with Crippen LogP contribution in [0.3, 0.4) is 0 Å². The van der Waals surface area contributed by atoms with Crippen LogP contribution in [0.4, 0.5) is 0 Å². The Labute approximate surface area is 132 Å². The Kier molecular flexibility index (Phi) is 12.9. The molecule has 0 aromatic carbocycles. The maximum atomic E-state index is 10.9. The van der Waals surface area contributed by atoms with Gasteiger partial charge in [0.05, 0.1) is 7.11 Å². The van der Waals surface area contributed by atoms with Crippen LogP contribution < -0.4 is 0 Å². The molecule has 0 aliphatic rings. The van der Waals surface area contributed by atoms with Crippen molar-refractivity contribution < 1.29 is 9.53 Å². The van der Waals surface area contributed by atoms with Crippen molar-refractivity contribution in [1.29, 1.82) is 0 Å². The Morgan fingerprint density at radius 1 is 0.842 bits per heavy atom. The number of hydrogen-bond donors (Lipinski definition) is 0. The molecule has 0 atom stereocenters. The summed E-state index contributed by atoms with van der Waals surface area (Å²) in [4.78, 5) is 10.9. The smallest absolute Gasteiger partial charge is 0.305 e. The van der Waals surface area contributed by atoms with Gasteiger partial charge in [-0.25, -0.2) is 0 Å². The van der Waals surface area contributed by atoms with Crippen molar-refractivity contribution in [2.24, 2.45) is 0 Å². The predicted octanol–water partition coefficient (Wildman–Crippen LogP) is 6.33. The third-order valence-electron chi connectivity index (χ3n) is 2.98. The van der Waals surface area contributed by atoms with Gasteiger partial charge in [-0.05, 0) is 52.6 Å². The van der Waals surface area contributed by atoms with Gasteiger partial charge in [-0.15, -0.1) is 0 Å². The molecule has 0 radical (unpaired) electrons. The number of hydrogen-bond acceptors (Lipinski definition) is 2. The molecule has 19 heavy (non-hydrogen) atoms. The monoisotopic (exact) mass is 350 g/mol. The van der Waals surface area contributed by atoms with Gasteiger partial charge >= 0.3 is 5.97 Å². The molecule has 0 saturated heterocycles. The van der Waals surface area contributed by atoms with Crippen molar-refractivity contribution in [3.8, 4) is 0 Å². The Bertz CT molecular complexity index is 232. The summed E-state index contributed by atoms with van der Waals surface area (Å²) in [5.41, 5.74) is 0. The third kappa shape index (κ3) is 16.6. The van der Waals surface area contributed by atoms with E-state index in [1.54, 1.807) is 0 Å². The molecule has 0 aromatic rings. The standard InChI is InChI=1S/C13H25Cl3O2S/c1-18-13(17)11-9-7-5-3-2-4-6-8-10-12-19(14,15)16/h2-12H2,1H3. The highest BCUT2D eigenvalue weighted by molar-refractivity contribution is 8.79. The predicted molar refractivity (Wildman–Crippen MR) is 88.2 cm³/mol. The van der Waals surface area contributed by atoms with E-state index in [1.807, 2.05) is 0 Å². The Hall–Kier alpha value is 0.690. The largest absolute Gasteiger partial charge is 0.469 e. The highest BCUT2D eigenvalue weighted by Crippen LogP contribution is 2.63. The van der Waals surface area contributed by atoms with Crippen molar-refractivity contribution in [2.75, 3.05) is 12.9 Å². The molecule has 2 nitrogen and oxygen atoms in total. The van der Waals surface area contributed by atoms with Crippen LogP contribution in [0.1, 0.15) is 64.2 Å². The number of unbranched alkanes of at least 4 members (excludes halogenated alkanes) is 8. The second kappa shape index (κ2) is 12.4. The first-order chi connectivity index (χ1) is 8.95. The van der Waals surface area contributed by atoms with Crippen molar-refractivity contribution in [1.82, 2.24) is 0 Å². The summed E-state index contributed by atoms with van der Waals surface area (Å²) in [6, 6.07) is 0. The molecule has 0 spiro atoms. The fourth-order valence-corrected chi connectivity index (χ4v) is 3.39. The maximum Gasteiger partial charge on any atom is 0.305 e. The lowest BCUT2D eigenvalue weighted by molar-refractivity contribution is -0.140. The molecular formula is C13H25Cl3O2S. The van der Waals surface area contributed by atoms with Crippen LogP contribution in [0.15, 0.2) is 0 Å². The van der Waals surface area contributed by atoms with Gasteiger partial charge in [-0.2, -0.15) is 0 Å². The van der Waals surface area contributed by atoms with Crippen molar-refractivity contribution in [2.45, 2.75) is 64.2 Å². The third-order valence-corrected chi connectivity index (χ3v) is 5.12. The van der Waals surface area contributed by atoms with Crippen LogP contribution in [0.5, 0.6) is 0 Å². The van der Waals surface area contributed by atoms with E-state index in [1.165, 1.54) is 39.2 Å². The fraction of sp³-hybridized carbons (Fsp3) is 0.923. The van der Waals surface area contributed by atoms with Gasteiger partial charge in [0.25, 0.3) is 0 Å². The Morgan fingerprint density at radius 2 is 1.26 bits per heavy atom. The van der Waals surface area contributed by atoms with E-state index in [0.717, 1.165) is 31.4 Å². The normalized spacial score (nSPS) is 12.4. The van der Waals surface area contributed by atoms with Gasteiger partial charge in [-0.3, -0.25) is 4.79 Å². The molecule has 0 saturated carbocycles. The molecule has 0 aliphatic carbocycles. The molecule has 0 aliphatic heterocycles. The van der Waals surface area contributed by atoms with E-state index in [2.05, 4.69) is 4.74 Å².